The fraction of sp³-hybridized carbons (Fsp3) is 0.737. The molecule has 0 N–H and O–H groups in total. The molecule has 2 nitrogen and oxygen atoms in total. The van der Waals surface area contributed by atoms with Crippen LogP contribution in [0.5, 0.6) is 0 Å². The summed E-state index contributed by atoms with van der Waals surface area (Å²) in [7, 11) is 0. The maximum atomic E-state index is 11.4. The van der Waals surface area contributed by atoms with Gasteiger partial charge in [-0.25, -0.2) is 4.79 Å². The minimum atomic E-state index is -0.206. The van der Waals surface area contributed by atoms with Crippen molar-refractivity contribution in [3.8, 4) is 0 Å². The van der Waals surface area contributed by atoms with Gasteiger partial charge in [-0.1, -0.05) is 45.8 Å². The van der Waals surface area contributed by atoms with Crippen LogP contribution in [-0.4, -0.2) is 12.6 Å². The van der Waals surface area contributed by atoms with E-state index in [9.17, 15) is 4.79 Å². The van der Waals surface area contributed by atoms with Crippen molar-refractivity contribution in [3.05, 3.63) is 23.3 Å². The Labute approximate surface area is 130 Å². The standard InChI is InChI=1S/C19H32O2/c1-6-19(4,5)11-10-15(3)12-16-8-9-17(13-16)14-18(20)21-7-2/h13-15H,6-12H2,1-5H3/b17-14+. The molecular weight excluding hydrogens is 260 g/mol. The third-order valence-corrected chi connectivity index (χ3v) is 4.60. The molecule has 2 heteroatoms. The number of esters is 1. The van der Waals surface area contributed by atoms with E-state index in [2.05, 4.69) is 33.8 Å². The van der Waals surface area contributed by atoms with Crippen molar-refractivity contribution >= 4 is 5.97 Å². The molecule has 1 rings (SSSR count). The quantitative estimate of drug-likeness (QED) is 0.440. The highest BCUT2D eigenvalue weighted by molar-refractivity contribution is 5.83. The van der Waals surface area contributed by atoms with Gasteiger partial charge in [-0.3, -0.25) is 0 Å². The van der Waals surface area contributed by atoms with E-state index in [0.717, 1.165) is 24.3 Å². The van der Waals surface area contributed by atoms with E-state index >= 15 is 0 Å². The van der Waals surface area contributed by atoms with Crippen LogP contribution < -0.4 is 0 Å². The minimum Gasteiger partial charge on any atom is -0.463 e. The van der Waals surface area contributed by atoms with Crippen LogP contribution >= 0.6 is 0 Å². The van der Waals surface area contributed by atoms with Crippen molar-refractivity contribution in [1.29, 1.82) is 0 Å². The molecule has 0 aromatic heterocycles. The van der Waals surface area contributed by atoms with Crippen molar-refractivity contribution in [3.63, 3.8) is 0 Å². The van der Waals surface area contributed by atoms with E-state index in [4.69, 9.17) is 4.74 Å². The van der Waals surface area contributed by atoms with Gasteiger partial charge in [0, 0.05) is 6.08 Å². The van der Waals surface area contributed by atoms with Crippen LogP contribution in [0.2, 0.25) is 0 Å². The van der Waals surface area contributed by atoms with Gasteiger partial charge in [0.2, 0.25) is 0 Å². The Kier molecular flexibility index (Phi) is 7.21. The molecule has 1 aliphatic carbocycles. The Morgan fingerprint density at radius 1 is 1.38 bits per heavy atom. The second-order valence-corrected chi connectivity index (χ2v) is 7.14. The van der Waals surface area contributed by atoms with Crippen LogP contribution in [0.15, 0.2) is 23.3 Å². The van der Waals surface area contributed by atoms with Gasteiger partial charge in [0.15, 0.2) is 0 Å². The second-order valence-electron chi connectivity index (χ2n) is 7.14. The first kappa shape index (κ1) is 18.0. The zero-order valence-electron chi connectivity index (χ0n) is 14.5. The SMILES string of the molecule is CCOC(=O)/C=C1/C=C(CC(C)CCC(C)(C)CC)CC1. The predicted molar refractivity (Wildman–Crippen MR) is 89.1 cm³/mol. The summed E-state index contributed by atoms with van der Waals surface area (Å²) in [4.78, 5) is 11.4. The summed E-state index contributed by atoms with van der Waals surface area (Å²) in [6.45, 7) is 11.6. The Bertz CT molecular complexity index is 402. The van der Waals surface area contributed by atoms with E-state index in [1.807, 2.05) is 6.92 Å². The molecule has 0 saturated heterocycles. The minimum absolute atomic E-state index is 0.206. The number of carbonyl (C=O) groups is 1. The number of rotatable bonds is 8. The summed E-state index contributed by atoms with van der Waals surface area (Å²) in [5.74, 6) is 0.520. The smallest absolute Gasteiger partial charge is 0.331 e. The molecule has 0 aromatic rings. The average molecular weight is 292 g/mol. The Hall–Kier alpha value is -1.05. The Balaban J connectivity index is 2.43. The molecule has 120 valence electrons. The molecule has 0 fully saturated rings. The Morgan fingerprint density at radius 3 is 2.71 bits per heavy atom. The molecule has 1 aliphatic rings. The Morgan fingerprint density at radius 2 is 2.10 bits per heavy atom. The van der Waals surface area contributed by atoms with Crippen LogP contribution in [0, 0.1) is 11.3 Å². The molecule has 0 radical (unpaired) electrons. The average Bonchev–Trinajstić information content (AvgIpc) is 2.84. The predicted octanol–water partition coefficient (Wildman–Crippen LogP) is 5.44. The summed E-state index contributed by atoms with van der Waals surface area (Å²) in [6, 6.07) is 0. The molecule has 0 aliphatic heterocycles. The van der Waals surface area contributed by atoms with Crippen LogP contribution in [0.25, 0.3) is 0 Å². The van der Waals surface area contributed by atoms with Gasteiger partial charge < -0.3 is 4.74 Å². The first-order valence-corrected chi connectivity index (χ1v) is 8.43. The normalized spacial score (nSPS) is 18.7. The van der Waals surface area contributed by atoms with Gasteiger partial charge in [-0.2, -0.15) is 0 Å². The van der Waals surface area contributed by atoms with Crippen LogP contribution in [0.4, 0.5) is 0 Å². The number of ether oxygens (including phenoxy) is 1. The molecular formula is C19H32O2. The topological polar surface area (TPSA) is 26.3 Å². The zero-order chi connectivity index (χ0) is 15.9. The maximum Gasteiger partial charge on any atom is 0.331 e. The van der Waals surface area contributed by atoms with Gasteiger partial charge in [-0.15, -0.1) is 0 Å². The highest BCUT2D eigenvalue weighted by atomic mass is 16.5. The van der Waals surface area contributed by atoms with Crippen molar-refractivity contribution in [2.24, 2.45) is 11.3 Å². The summed E-state index contributed by atoms with van der Waals surface area (Å²) in [6.07, 6.45) is 10.9. The monoisotopic (exact) mass is 292 g/mol. The van der Waals surface area contributed by atoms with Crippen molar-refractivity contribution in [2.75, 3.05) is 6.61 Å². The van der Waals surface area contributed by atoms with Crippen LogP contribution in [-0.2, 0) is 9.53 Å². The summed E-state index contributed by atoms with van der Waals surface area (Å²) in [5, 5.41) is 0. The van der Waals surface area contributed by atoms with Gasteiger partial charge >= 0.3 is 5.97 Å². The van der Waals surface area contributed by atoms with Gasteiger partial charge in [-0.05, 0) is 55.9 Å². The molecule has 21 heavy (non-hydrogen) atoms. The lowest BCUT2D eigenvalue weighted by Gasteiger charge is -2.24. The molecule has 0 heterocycles. The second kappa shape index (κ2) is 8.41. The van der Waals surface area contributed by atoms with Gasteiger partial charge in [0.1, 0.15) is 0 Å². The summed E-state index contributed by atoms with van der Waals surface area (Å²) in [5.41, 5.74) is 3.09. The molecule has 1 unspecified atom stereocenters. The lowest BCUT2D eigenvalue weighted by atomic mass is 9.82. The molecule has 0 spiro atoms. The maximum absolute atomic E-state index is 11.4. The number of hydrogen-bond donors (Lipinski definition) is 0. The first-order chi connectivity index (χ1) is 9.86. The van der Waals surface area contributed by atoms with Crippen LogP contribution in [0.3, 0.4) is 0 Å². The van der Waals surface area contributed by atoms with E-state index in [0.29, 0.717) is 12.0 Å². The summed E-state index contributed by atoms with van der Waals surface area (Å²) < 4.78 is 4.96. The van der Waals surface area contributed by atoms with Crippen molar-refractivity contribution < 1.29 is 9.53 Å². The fourth-order valence-corrected chi connectivity index (χ4v) is 2.69. The largest absolute Gasteiger partial charge is 0.463 e. The number of allylic oxidation sites excluding steroid dienone is 3. The highest BCUT2D eigenvalue weighted by Crippen LogP contribution is 2.33. The third-order valence-electron chi connectivity index (χ3n) is 4.60. The van der Waals surface area contributed by atoms with Gasteiger partial charge in [0.25, 0.3) is 0 Å². The first-order valence-electron chi connectivity index (χ1n) is 8.43. The lowest BCUT2D eigenvalue weighted by Crippen LogP contribution is -2.11. The molecule has 0 saturated carbocycles. The molecule has 0 aromatic carbocycles. The number of hydrogen-bond acceptors (Lipinski definition) is 2. The lowest BCUT2D eigenvalue weighted by molar-refractivity contribution is -0.137. The van der Waals surface area contributed by atoms with Gasteiger partial charge in [0.05, 0.1) is 6.61 Å². The van der Waals surface area contributed by atoms with Crippen molar-refractivity contribution in [2.45, 2.75) is 73.1 Å². The van der Waals surface area contributed by atoms with Crippen molar-refractivity contribution in [1.82, 2.24) is 0 Å². The van der Waals surface area contributed by atoms with E-state index < -0.39 is 0 Å². The number of carbonyl (C=O) groups excluding carboxylic acids is 1. The molecule has 0 bridgehead atoms. The zero-order valence-corrected chi connectivity index (χ0v) is 14.5. The highest BCUT2D eigenvalue weighted by Gasteiger charge is 2.18. The molecule has 1 atom stereocenters. The van der Waals surface area contributed by atoms with Crippen LogP contribution in [0.1, 0.15) is 73.1 Å². The van der Waals surface area contributed by atoms with E-state index in [1.54, 1.807) is 6.08 Å². The van der Waals surface area contributed by atoms with E-state index in [-0.39, 0.29) is 5.97 Å². The fourth-order valence-electron chi connectivity index (χ4n) is 2.69. The molecule has 0 amide bonds. The third kappa shape index (κ3) is 6.97. The summed E-state index contributed by atoms with van der Waals surface area (Å²) >= 11 is 0. The van der Waals surface area contributed by atoms with E-state index in [1.165, 1.54) is 31.3 Å².